The van der Waals surface area contributed by atoms with Crippen molar-refractivity contribution in [3.63, 3.8) is 0 Å². The van der Waals surface area contributed by atoms with E-state index in [0.717, 1.165) is 31.3 Å². The molecule has 1 unspecified atom stereocenters. The van der Waals surface area contributed by atoms with Gasteiger partial charge >= 0.3 is 11.9 Å². The topological polar surface area (TPSA) is 106 Å². The van der Waals surface area contributed by atoms with Crippen molar-refractivity contribution < 1.29 is 28.9 Å². The van der Waals surface area contributed by atoms with Gasteiger partial charge in [0.2, 0.25) is 0 Å². The number of nitriles is 1. The van der Waals surface area contributed by atoms with Crippen molar-refractivity contribution in [3.8, 4) is 6.07 Å². The van der Waals surface area contributed by atoms with Crippen molar-refractivity contribution in [1.29, 1.82) is 5.26 Å². The second-order valence-corrected chi connectivity index (χ2v) is 14.6. The van der Waals surface area contributed by atoms with E-state index in [0.29, 0.717) is 56.1 Å². The smallest absolute Gasteiger partial charge is 0.333 e. The molecule has 7 heteroatoms. The maximum Gasteiger partial charge on any atom is 0.333 e. The fraction of sp³-hybridized carbons (Fsp3) is 0.800. The van der Waals surface area contributed by atoms with Gasteiger partial charge in [0, 0.05) is 12.5 Å². The van der Waals surface area contributed by atoms with Gasteiger partial charge in [0.15, 0.2) is 0 Å². The first kappa shape index (κ1) is 32.7. The monoisotopic (exact) mass is 583 g/mol. The predicted octanol–water partition coefficient (Wildman–Crippen LogP) is 6.69. The largest absolute Gasteiger partial charge is 0.466 e. The maximum atomic E-state index is 13.3. The molecular formula is C35H53NO6. The minimum Gasteiger partial charge on any atom is -0.466 e. The van der Waals surface area contributed by atoms with E-state index in [1.165, 1.54) is 19.6 Å². The van der Waals surface area contributed by atoms with Crippen molar-refractivity contribution in [2.75, 3.05) is 13.7 Å². The number of ether oxygens (including phenoxy) is 3. The molecule has 4 aliphatic rings. The van der Waals surface area contributed by atoms with Gasteiger partial charge in [-0.05, 0) is 111 Å². The van der Waals surface area contributed by atoms with Crippen molar-refractivity contribution in [2.45, 2.75) is 125 Å². The second-order valence-electron chi connectivity index (χ2n) is 14.6. The van der Waals surface area contributed by atoms with Crippen LogP contribution in [0.3, 0.4) is 0 Å². The Balaban J connectivity index is 1.76. The molecule has 0 aromatic carbocycles. The van der Waals surface area contributed by atoms with Crippen LogP contribution in [-0.2, 0) is 23.8 Å². The van der Waals surface area contributed by atoms with Crippen LogP contribution in [0.15, 0.2) is 22.8 Å². The van der Waals surface area contributed by atoms with Crippen LogP contribution in [0, 0.1) is 51.2 Å². The maximum absolute atomic E-state index is 13.3. The van der Waals surface area contributed by atoms with Crippen LogP contribution in [0.4, 0.5) is 0 Å². The van der Waals surface area contributed by atoms with Crippen molar-refractivity contribution in [3.05, 3.63) is 22.8 Å². The number of carbonyl (C=O) groups is 2. The number of allylic oxidation sites excluding steroid dienone is 2. The van der Waals surface area contributed by atoms with E-state index in [-0.39, 0.29) is 46.1 Å². The third kappa shape index (κ3) is 5.47. The summed E-state index contributed by atoms with van der Waals surface area (Å²) in [6.07, 6.45) is 7.94. The number of rotatable bonds is 8. The second kappa shape index (κ2) is 12.4. The van der Waals surface area contributed by atoms with E-state index in [2.05, 4.69) is 39.8 Å². The summed E-state index contributed by atoms with van der Waals surface area (Å²) in [7, 11) is 1.41. The lowest BCUT2D eigenvalue weighted by Gasteiger charge is -2.69. The molecule has 0 amide bonds. The highest BCUT2D eigenvalue weighted by Gasteiger charge is 2.71. The first-order valence-corrected chi connectivity index (χ1v) is 16.0. The number of methoxy groups -OCH3 is 1. The van der Waals surface area contributed by atoms with Crippen LogP contribution in [0.2, 0.25) is 0 Å². The Morgan fingerprint density at radius 1 is 1.12 bits per heavy atom. The third-order valence-electron chi connectivity index (χ3n) is 12.3. The highest BCUT2D eigenvalue weighted by atomic mass is 16.5. The Bertz CT molecular complexity index is 1150. The van der Waals surface area contributed by atoms with Gasteiger partial charge in [0.25, 0.3) is 0 Å². The van der Waals surface area contributed by atoms with Gasteiger partial charge in [-0.3, -0.25) is 4.79 Å². The van der Waals surface area contributed by atoms with E-state index in [9.17, 15) is 14.7 Å². The van der Waals surface area contributed by atoms with Crippen LogP contribution < -0.4 is 0 Å². The molecule has 42 heavy (non-hydrogen) atoms. The number of aliphatic hydroxyl groups is 1. The van der Waals surface area contributed by atoms with Gasteiger partial charge in [-0.25, -0.2) is 4.79 Å². The average molecular weight is 584 g/mol. The number of hydrogen-bond donors (Lipinski definition) is 1. The molecule has 234 valence electrons. The van der Waals surface area contributed by atoms with Gasteiger partial charge in [-0.15, -0.1) is 0 Å². The molecule has 0 aliphatic heterocycles. The lowest BCUT2D eigenvalue weighted by Crippen LogP contribution is -2.65. The van der Waals surface area contributed by atoms with Gasteiger partial charge in [-0.1, -0.05) is 39.3 Å². The number of hydrogen-bond acceptors (Lipinski definition) is 7. The number of nitrogens with zero attached hydrogens (tertiary/aromatic N) is 1. The first-order chi connectivity index (χ1) is 19.7. The minimum absolute atomic E-state index is 0.0626. The Morgan fingerprint density at radius 2 is 1.83 bits per heavy atom. The summed E-state index contributed by atoms with van der Waals surface area (Å²) < 4.78 is 17.5. The molecule has 0 saturated heterocycles. The number of fused-ring (bicyclic) bond motifs is 5. The zero-order chi connectivity index (χ0) is 31.0. The summed E-state index contributed by atoms with van der Waals surface area (Å²) in [5.41, 5.74) is 2.12. The quantitative estimate of drug-likeness (QED) is 0.147. The fourth-order valence-electron chi connectivity index (χ4n) is 10.4. The van der Waals surface area contributed by atoms with E-state index in [1.807, 2.05) is 13.8 Å². The van der Waals surface area contributed by atoms with Crippen molar-refractivity contribution >= 4 is 11.9 Å². The molecule has 4 fully saturated rings. The van der Waals surface area contributed by atoms with Crippen molar-refractivity contribution in [2.24, 2.45) is 39.9 Å². The average Bonchev–Trinajstić information content (AvgIpc) is 3.18. The molecule has 0 radical (unpaired) electrons. The highest BCUT2D eigenvalue weighted by Crippen LogP contribution is 2.74. The van der Waals surface area contributed by atoms with Gasteiger partial charge in [-0.2, -0.15) is 5.26 Å². The molecule has 1 N–H and O–H groups in total. The standard InChI is InChI=1S/C35H53NO6/c1-21(2)11-9-12-24(32(39)40-8)30-26-19-27(38)31-33(5)15-14-28(41-18-10-17-36)22(3)25(33)13-16-34(31,6)35(26,7)20-29(30)42-23(4)37/h11,22,25-29,31,38H,9-10,12-16,18-20H2,1-8H3/b30-24-/t22-,25?,26+,27+,28+,29-,31+,33-,34-,35-/m0/s1. The highest BCUT2D eigenvalue weighted by molar-refractivity contribution is 5.90. The molecule has 4 saturated carbocycles. The van der Waals surface area contributed by atoms with Crippen LogP contribution in [0.5, 0.6) is 0 Å². The Hall–Kier alpha value is -2.17. The normalized spacial score (nSPS) is 41.9. The molecule has 0 aromatic rings. The molecule has 0 heterocycles. The summed E-state index contributed by atoms with van der Waals surface area (Å²) in [6, 6.07) is 2.19. The van der Waals surface area contributed by atoms with Crippen LogP contribution in [-0.4, -0.2) is 49.1 Å². The molecule has 4 rings (SSSR count). The summed E-state index contributed by atoms with van der Waals surface area (Å²) in [4.78, 5) is 25.7. The SMILES string of the molecule is COC(=O)/C(CCC=C(C)C)=C1\[C@@H](OC(C)=O)C[C@@]2(C)[C@@H]1C[C@@H](O)[C@@H]1[C@@]3(C)CC[C@@H](OCCC#N)[C@@H](C)C3CC[C@@]12C. The van der Waals surface area contributed by atoms with E-state index in [1.54, 1.807) is 0 Å². The summed E-state index contributed by atoms with van der Waals surface area (Å²) in [5.74, 6) is 0.0450. The summed E-state index contributed by atoms with van der Waals surface area (Å²) >= 11 is 0. The van der Waals surface area contributed by atoms with E-state index < -0.39 is 12.2 Å². The lowest BCUT2D eigenvalue weighted by molar-refractivity contribution is -0.236. The Labute approximate surface area is 253 Å². The van der Waals surface area contributed by atoms with E-state index >= 15 is 0 Å². The zero-order valence-corrected chi connectivity index (χ0v) is 27.1. The predicted molar refractivity (Wildman–Crippen MR) is 161 cm³/mol. The third-order valence-corrected chi connectivity index (χ3v) is 12.3. The van der Waals surface area contributed by atoms with Gasteiger partial charge in [0.1, 0.15) is 6.10 Å². The first-order valence-electron chi connectivity index (χ1n) is 16.0. The number of aliphatic hydroxyl groups excluding tert-OH is 1. The fourth-order valence-corrected chi connectivity index (χ4v) is 10.4. The van der Waals surface area contributed by atoms with Gasteiger partial charge < -0.3 is 19.3 Å². The van der Waals surface area contributed by atoms with Gasteiger partial charge in [0.05, 0.1) is 38.4 Å². The summed E-state index contributed by atoms with van der Waals surface area (Å²) in [5, 5.41) is 21.1. The van der Waals surface area contributed by atoms with Crippen molar-refractivity contribution in [1.82, 2.24) is 0 Å². The molecule has 7 nitrogen and oxygen atoms in total. The summed E-state index contributed by atoms with van der Waals surface area (Å²) in [6.45, 7) is 15.4. The number of esters is 2. The Morgan fingerprint density at radius 3 is 2.45 bits per heavy atom. The molecule has 10 atom stereocenters. The molecule has 0 bridgehead atoms. The molecule has 4 aliphatic carbocycles. The van der Waals surface area contributed by atoms with Crippen LogP contribution >= 0.6 is 0 Å². The number of carbonyl (C=O) groups excluding carboxylic acids is 2. The molecule has 0 spiro atoms. The minimum atomic E-state index is -0.535. The Kier molecular flexibility index (Phi) is 9.70. The lowest BCUT2D eigenvalue weighted by atomic mass is 9.36. The van der Waals surface area contributed by atoms with Crippen LogP contribution in [0.25, 0.3) is 0 Å². The zero-order valence-electron chi connectivity index (χ0n) is 27.1. The van der Waals surface area contributed by atoms with Crippen LogP contribution in [0.1, 0.15) is 106 Å². The molecular weight excluding hydrogens is 530 g/mol. The molecule has 0 aromatic heterocycles. The van der Waals surface area contributed by atoms with E-state index in [4.69, 9.17) is 19.5 Å².